The van der Waals surface area contributed by atoms with Crippen LogP contribution in [0.4, 0.5) is 11.4 Å². The fraction of sp³-hybridized carbons (Fsp3) is 0.629. The largest absolute Gasteiger partial charge is 0.432 e. The Bertz CT molecular complexity index is 1380. The highest BCUT2D eigenvalue weighted by Gasteiger charge is 2.66. The average Bonchev–Trinajstić information content (AvgIpc) is 3.73. The van der Waals surface area contributed by atoms with Crippen molar-refractivity contribution in [1.29, 1.82) is 0 Å². The van der Waals surface area contributed by atoms with Gasteiger partial charge in [-0.1, -0.05) is 30.2 Å². The summed E-state index contributed by atoms with van der Waals surface area (Å²) in [6.45, 7) is 13.5. The topological polar surface area (TPSA) is 111 Å². The van der Waals surface area contributed by atoms with Crippen LogP contribution < -0.4 is 9.80 Å². The van der Waals surface area contributed by atoms with E-state index in [9.17, 15) is 24.3 Å². The minimum absolute atomic E-state index is 0.0422. The zero-order valence-corrected chi connectivity index (χ0v) is 28.8. The highest BCUT2D eigenvalue weighted by atomic mass is 28.4. The van der Waals surface area contributed by atoms with Gasteiger partial charge in [-0.3, -0.25) is 14.4 Å². The standard InChI is InChI=1S/C35H51N3O6Si/c1-23(2)10-7-11-24(3)16-19-38-29-15-14-26(36-18-9-13-31(36)40)20-28(29)35(34(38)42)25(4)33(45(5,6)43)30(44-35)21-32(41)37-17-8-12-27(37)22-39/h10,14-16,20,25,27,30,33,39,43H,7-9,11-13,17-19,21-22H2,1-6H3/b24-16+/t25-,27+,30+,33-,35+/m1/s1. The van der Waals surface area contributed by atoms with Crippen LogP contribution in [0.5, 0.6) is 0 Å². The molecule has 9 nitrogen and oxygen atoms in total. The molecule has 246 valence electrons. The third-order valence-corrected chi connectivity index (χ3v) is 12.9. The van der Waals surface area contributed by atoms with Gasteiger partial charge < -0.3 is 29.3 Å². The molecule has 1 aromatic carbocycles. The summed E-state index contributed by atoms with van der Waals surface area (Å²) in [4.78, 5) is 58.1. The Balaban J connectivity index is 1.53. The lowest BCUT2D eigenvalue weighted by atomic mass is 9.82. The quantitative estimate of drug-likeness (QED) is 0.275. The number of benzene rings is 1. The monoisotopic (exact) mass is 637 g/mol. The fourth-order valence-corrected chi connectivity index (χ4v) is 10.7. The summed E-state index contributed by atoms with van der Waals surface area (Å²) in [5.74, 6) is -0.638. The van der Waals surface area contributed by atoms with Crippen molar-refractivity contribution in [1.82, 2.24) is 4.90 Å². The smallest absolute Gasteiger partial charge is 0.264 e. The second-order valence-corrected chi connectivity index (χ2v) is 18.2. The summed E-state index contributed by atoms with van der Waals surface area (Å²) < 4.78 is 6.91. The normalized spacial score (nSPS) is 28.5. The summed E-state index contributed by atoms with van der Waals surface area (Å²) in [5, 5.41) is 9.86. The van der Waals surface area contributed by atoms with Gasteiger partial charge in [0, 0.05) is 48.8 Å². The van der Waals surface area contributed by atoms with Crippen LogP contribution in [0, 0.1) is 5.92 Å². The van der Waals surface area contributed by atoms with Gasteiger partial charge in [0.25, 0.3) is 5.91 Å². The summed E-state index contributed by atoms with van der Waals surface area (Å²) in [5.41, 5.74) is 2.90. The minimum Gasteiger partial charge on any atom is -0.432 e. The third-order valence-electron chi connectivity index (χ3n) is 10.4. The van der Waals surface area contributed by atoms with Gasteiger partial charge in [0.05, 0.1) is 30.9 Å². The molecule has 4 aliphatic heterocycles. The maximum absolute atomic E-state index is 14.8. The summed E-state index contributed by atoms with van der Waals surface area (Å²) in [6.07, 6.45) is 8.42. The van der Waals surface area contributed by atoms with E-state index in [1.165, 1.54) is 11.1 Å². The SMILES string of the molecule is CC(C)=CCC/C(C)=C/CN1C(=O)[C@@]2(O[C@@H](CC(=O)N3CCC[C@H]3CO)[C@H]([Si](C)(C)O)[C@H]2C)c2cc(N3CCCC3=O)ccc21. The van der Waals surface area contributed by atoms with Crippen LogP contribution in [0.25, 0.3) is 0 Å². The number of amides is 3. The van der Waals surface area contributed by atoms with E-state index in [1.807, 2.05) is 38.2 Å². The molecule has 4 aliphatic rings. The first-order valence-corrected chi connectivity index (χ1v) is 19.7. The maximum atomic E-state index is 14.8. The number of ether oxygens (including phenoxy) is 1. The lowest BCUT2D eigenvalue weighted by Gasteiger charge is -2.33. The first-order chi connectivity index (χ1) is 21.3. The Labute approximate surface area is 269 Å². The molecular formula is C35H51N3O6Si. The van der Waals surface area contributed by atoms with Gasteiger partial charge in [-0.2, -0.15) is 0 Å². The number of likely N-dealkylation sites (tertiary alicyclic amines) is 1. The number of rotatable bonds is 10. The Morgan fingerprint density at radius 3 is 2.53 bits per heavy atom. The van der Waals surface area contributed by atoms with Gasteiger partial charge in [0.15, 0.2) is 13.9 Å². The molecule has 1 spiro atoms. The molecule has 3 saturated heterocycles. The predicted octanol–water partition coefficient (Wildman–Crippen LogP) is 5.02. The van der Waals surface area contributed by atoms with Gasteiger partial charge in [0.1, 0.15) is 0 Å². The number of anilines is 2. The molecule has 0 aliphatic carbocycles. The van der Waals surface area contributed by atoms with Gasteiger partial charge in [-0.25, -0.2) is 0 Å². The number of allylic oxidation sites excluding steroid dienone is 3. The third kappa shape index (κ3) is 6.31. The van der Waals surface area contributed by atoms with Gasteiger partial charge >= 0.3 is 0 Å². The lowest BCUT2D eigenvalue weighted by Crippen LogP contribution is -2.46. The summed E-state index contributed by atoms with van der Waals surface area (Å²) >= 11 is 0. The number of aliphatic hydroxyl groups excluding tert-OH is 1. The van der Waals surface area contributed by atoms with E-state index < -0.39 is 25.9 Å². The van der Waals surface area contributed by atoms with Crippen molar-refractivity contribution in [2.45, 2.75) is 109 Å². The Morgan fingerprint density at radius 2 is 1.89 bits per heavy atom. The highest BCUT2D eigenvalue weighted by molar-refractivity contribution is 6.71. The number of hydrogen-bond acceptors (Lipinski definition) is 6. The van der Waals surface area contributed by atoms with E-state index in [4.69, 9.17) is 4.74 Å². The molecule has 0 radical (unpaired) electrons. The van der Waals surface area contributed by atoms with E-state index in [2.05, 4.69) is 32.9 Å². The van der Waals surface area contributed by atoms with Crippen molar-refractivity contribution in [2.24, 2.45) is 5.92 Å². The van der Waals surface area contributed by atoms with Crippen LogP contribution in [0.3, 0.4) is 0 Å². The fourth-order valence-electron chi connectivity index (χ4n) is 8.12. The Morgan fingerprint density at radius 1 is 1.13 bits per heavy atom. The van der Waals surface area contributed by atoms with E-state index in [1.54, 1.807) is 14.7 Å². The molecule has 0 unspecified atom stereocenters. The second-order valence-electron chi connectivity index (χ2n) is 14.3. The molecule has 45 heavy (non-hydrogen) atoms. The van der Waals surface area contributed by atoms with Gasteiger partial charge in [-0.15, -0.1) is 0 Å². The minimum atomic E-state index is -2.96. The number of hydrogen-bond donors (Lipinski definition) is 2. The Kier molecular flexibility index (Phi) is 9.80. The van der Waals surface area contributed by atoms with Crippen molar-refractivity contribution in [3.8, 4) is 0 Å². The molecule has 3 amide bonds. The zero-order valence-electron chi connectivity index (χ0n) is 27.8. The van der Waals surface area contributed by atoms with Crippen molar-refractivity contribution < 1.29 is 29.0 Å². The first-order valence-electron chi connectivity index (χ1n) is 16.7. The lowest BCUT2D eigenvalue weighted by molar-refractivity contribution is -0.149. The first kappa shape index (κ1) is 33.6. The molecule has 10 heteroatoms. The number of carbonyl (C=O) groups is 3. The van der Waals surface area contributed by atoms with Crippen LogP contribution in [0.2, 0.25) is 18.6 Å². The Hall–Kier alpha value is -2.79. The van der Waals surface area contributed by atoms with Crippen LogP contribution in [0.1, 0.15) is 78.2 Å². The number of carbonyl (C=O) groups excluding carboxylic acids is 3. The molecular weight excluding hydrogens is 586 g/mol. The van der Waals surface area contributed by atoms with Crippen LogP contribution in [-0.4, -0.2) is 79.2 Å². The highest BCUT2D eigenvalue weighted by Crippen LogP contribution is 2.60. The van der Waals surface area contributed by atoms with Crippen molar-refractivity contribution in [3.63, 3.8) is 0 Å². The maximum Gasteiger partial charge on any atom is 0.264 e. The molecule has 5 atom stereocenters. The van der Waals surface area contributed by atoms with E-state index in [0.717, 1.165) is 43.5 Å². The van der Waals surface area contributed by atoms with E-state index >= 15 is 0 Å². The number of aliphatic hydroxyl groups is 1. The number of nitrogens with zero attached hydrogens (tertiary/aromatic N) is 3. The van der Waals surface area contributed by atoms with Crippen LogP contribution in [0.15, 0.2) is 41.5 Å². The van der Waals surface area contributed by atoms with Crippen LogP contribution >= 0.6 is 0 Å². The van der Waals surface area contributed by atoms with Crippen LogP contribution in [-0.2, 0) is 24.7 Å². The molecule has 0 bridgehead atoms. The molecule has 5 rings (SSSR count). The summed E-state index contributed by atoms with van der Waals surface area (Å²) in [7, 11) is -2.96. The average molecular weight is 638 g/mol. The van der Waals surface area contributed by atoms with Gasteiger partial charge in [0.2, 0.25) is 11.8 Å². The summed E-state index contributed by atoms with van der Waals surface area (Å²) in [6, 6.07) is 5.57. The van der Waals surface area contributed by atoms with E-state index in [0.29, 0.717) is 31.6 Å². The molecule has 2 N–H and O–H groups in total. The molecule has 0 aromatic heterocycles. The molecule has 4 heterocycles. The van der Waals surface area contributed by atoms with Crippen molar-refractivity contribution in [3.05, 3.63) is 47.1 Å². The van der Waals surface area contributed by atoms with Crippen molar-refractivity contribution >= 4 is 37.4 Å². The zero-order chi connectivity index (χ0) is 32.7. The molecule has 3 fully saturated rings. The molecule has 1 aromatic rings. The van der Waals surface area contributed by atoms with E-state index in [-0.39, 0.29) is 42.3 Å². The predicted molar refractivity (Wildman–Crippen MR) is 178 cm³/mol. The van der Waals surface area contributed by atoms with Gasteiger partial charge in [-0.05, 0) is 84.2 Å². The van der Waals surface area contributed by atoms with Crippen molar-refractivity contribution in [2.75, 3.05) is 36.0 Å². The second kappa shape index (κ2) is 13.1. The number of fused-ring (bicyclic) bond motifs is 2. The molecule has 0 saturated carbocycles.